The van der Waals surface area contributed by atoms with Gasteiger partial charge in [-0.15, -0.1) is 0 Å². The molecule has 0 spiro atoms. The Hall–Kier alpha value is -0.200. The largest absolute Gasteiger partial charge is 0.343 e. The molecule has 0 saturated carbocycles. The molecule has 5 heteroatoms. The second kappa shape index (κ2) is 14.7. The van der Waals surface area contributed by atoms with E-state index in [0.717, 1.165) is 25.7 Å². The van der Waals surface area contributed by atoms with Gasteiger partial charge in [-0.2, -0.15) is 4.89 Å². The maximum Gasteiger partial charge on any atom is 0.253 e. The van der Waals surface area contributed by atoms with Crippen molar-refractivity contribution in [1.82, 2.24) is 0 Å². The van der Waals surface area contributed by atoms with Gasteiger partial charge in [0.05, 0.1) is 24.9 Å². The van der Waals surface area contributed by atoms with Crippen molar-refractivity contribution in [3.63, 3.8) is 0 Å². The van der Waals surface area contributed by atoms with Gasteiger partial charge in [0.15, 0.2) is 0 Å². The molecule has 0 bridgehead atoms. The van der Waals surface area contributed by atoms with Gasteiger partial charge >= 0.3 is 0 Å². The maximum absolute atomic E-state index is 7.01. The summed E-state index contributed by atoms with van der Waals surface area (Å²) in [4.78, 5) is 12.2. The molecule has 0 heterocycles. The van der Waals surface area contributed by atoms with Crippen molar-refractivity contribution in [2.75, 3.05) is 13.2 Å². The molecule has 0 aliphatic carbocycles. The first kappa shape index (κ1) is 34.8. The lowest BCUT2D eigenvalue weighted by molar-refractivity contribution is -0.522. The van der Waals surface area contributed by atoms with Crippen molar-refractivity contribution in [3.05, 3.63) is 0 Å². The smallest absolute Gasteiger partial charge is 0.253 e. The zero-order chi connectivity index (χ0) is 27.7. The van der Waals surface area contributed by atoms with Gasteiger partial charge in [0.2, 0.25) is 5.79 Å². The van der Waals surface area contributed by atoms with Crippen LogP contribution in [0.25, 0.3) is 0 Å². The van der Waals surface area contributed by atoms with Crippen molar-refractivity contribution in [1.29, 1.82) is 0 Å². The van der Waals surface area contributed by atoms with E-state index < -0.39 is 17.2 Å². The molecule has 0 radical (unpaired) electrons. The summed E-state index contributed by atoms with van der Waals surface area (Å²) in [6, 6.07) is 0. The second-order valence-corrected chi connectivity index (χ2v) is 13.0. The first-order chi connectivity index (χ1) is 15.9. The summed E-state index contributed by atoms with van der Waals surface area (Å²) in [7, 11) is 0. The normalized spacial score (nSPS) is 19.5. The van der Waals surface area contributed by atoms with E-state index in [1.54, 1.807) is 0 Å². The Labute approximate surface area is 219 Å². The van der Waals surface area contributed by atoms with E-state index in [1.807, 2.05) is 6.92 Å². The topological polar surface area (TPSA) is 46.2 Å². The first-order valence-electron chi connectivity index (χ1n) is 14.2. The monoisotopic (exact) mass is 502 g/mol. The van der Waals surface area contributed by atoms with Crippen LogP contribution in [0.2, 0.25) is 0 Å². The van der Waals surface area contributed by atoms with Crippen LogP contribution in [-0.4, -0.2) is 36.5 Å². The van der Waals surface area contributed by atoms with Crippen molar-refractivity contribution in [2.24, 2.45) is 29.1 Å². The number of rotatable bonds is 19. The molecule has 35 heavy (non-hydrogen) atoms. The quantitative estimate of drug-likeness (QED) is 0.100. The van der Waals surface area contributed by atoms with Gasteiger partial charge in [0, 0.05) is 5.92 Å². The fourth-order valence-corrected chi connectivity index (χ4v) is 3.85. The minimum atomic E-state index is -1.28. The molecular formula is C30H62O5. The minimum absolute atomic E-state index is 0.0279. The Bertz CT molecular complexity index is 573. The van der Waals surface area contributed by atoms with Gasteiger partial charge < -0.3 is 14.2 Å². The van der Waals surface area contributed by atoms with Crippen LogP contribution in [0.15, 0.2) is 0 Å². The van der Waals surface area contributed by atoms with Crippen LogP contribution < -0.4 is 0 Å². The van der Waals surface area contributed by atoms with Gasteiger partial charge in [-0.05, 0) is 63.7 Å². The van der Waals surface area contributed by atoms with E-state index in [-0.39, 0.29) is 17.4 Å². The average molecular weight is 503 g/mol. The maximum atomic E-state index is 7.01. The van der Waals surface area contributed by atoms with Gasteiger partial charge in [0.1, 0.15) is 0 Å². The molecule has 0 aromatic carbocycles. The van der Waals surface area contributed by atoms with Crippen LogP contribution >= 0.6 is 0 Å². The van der Waals surface area contributed by atoms with Gasteiger partial charge in [-0.3, -0.25) is 0 Å². The zero-order valence-corrected chi connectivity index (χ0v) is 26.2. The molecule has 0 aromatic heterocycles. The standard InChI is InChI=1S/C30H62O5/c1-16-19-28(13,14)34-30(23(6)7,33-26(10)24(8)17-2)29(15,31-21-27(11,12)18-3)35-32-20-25(9)22(4)5/h22-26H,16-21H2,1-15H3. The first-order valence-corrected chi connectivity index (χ1v) is 14.2. The highest BCUT2D eigenvalue weighted by Gasteiger charge is 2.60. The van der Waals surface area contributed by atoms with E-state index >= 15 is 0 Å². The third-order valence-corrected chi connectivity index (χ3v) is 7.86. The third kappa shape index (κ3) is 10.6. The van der Waals surface area contributed by atoms with Crippen molar-refractivity contribution in [2.45, 2.75) is 153 Å². The molecule has 5 unspecified atom stereocenters. The summed E-state index contributed by atoms with van der Waals surface area (Å²) >= 11 is 0. The van der Waals surface area contributed by atoms with Gasteiger partial charge in [-0.1, -0.05) is 89.0 Å². The Balaban J connectivity index is 6.60. The summed E-state index contributed by atoms with van der Waals surface area (Å²) in [5.41, 5.74) is -0.465. The van der Waals surface area contributed by atoms with Crippen molar-refractivity contribution < 1.29 is 24.0 Å². The summed E-state index contributed by atoms with van der Waals surface area (Å²) in [5.74, 6) is -1.34. The Morgan fingerprint density at radius 1 is 0.771 bits per heavy atom. The molecule has 0 fully saturated rings. The number of hydrogen-bond donors (Lipinski definition) is 0. The molecule has 0 amide bonds. The highest BCUT2D eigenvalue weighted by atomic mass is 17.2. The predicted octanol–water partition coefficient (Wildman–Crippen LogP) is 8.79. The Morgan fingerprint density at radius 3 is 1.77 bits per heavy atom. The molecule has 0 N–H and O–H groups in total. The van der Waals surface area contributed by atoms with Crippen LogP contribution in [0, 0.1) is 29.1 Å². The molecule has 0 rings (SSSR count). The lowest BCUT2D eigenvalue weighted by Crippen LogP contribution is -2.66. The zero-order valence-electron chi connectivity index (χ0n) is 26.2. The van der Waals surface area contributed by atoms with Gasteiger partial charge in [0.25, 0.3) is 5.79 Å². The summed E-state index contributed by atoms with van der Waals surface area (Å²) in [5, 5.41) is 0. The Morgan fingerprint density at radius 2 is 1.34 bits per heavy atom. The molecule has 0 aliphatic rings. The molecule has 5 atom stereocenters. The fourth-order valence-electron chi connectivity index (χ4n) is 3.85. The Kier molecular flexibility index (Phi) is 14.6. The fraction of sp³-hybridized carbons (Fsp3) is 1.00. The van der Waals surface area contributed by atoms with Crippen LogP contribution in [0.5, 0.6) is 0 Å². The third-order valence-electron chi connectivity index (χ3n) is 7.86. The summed E-state index contributed by atoms with van der Waals surface area (Å²) in [6.07, 6.45) is 3.84. The van der Waals surface area contributed by atoms with E-state index in [4.69, 9.17) is 24.0 Å². The predicted molar refractivity (Wildman–Crippen MR) is 147 cm³/mol. The molecular weight excluding hydrogens is 440 g/mol. The minimum Gasteiger partial charge on any atom is -0.343 e. The molecule has 0 saturated heterocycles. The summed E-state index contributed by atoms with van der Waals surface area (Å²) in [6.45, 7) is 33.3. The highest BCUT2D eigenvalue weighted by molar-refractivity contribution is 4.93. The van der Waals surface area contributed by atoms with Crippen LogP contribution in [0.3, 0.4) is 0 Å². The van der Waals surface area contributed by atoms with E-state index in [2.05, 4.69) is 96.9 Å². The second-order valence-electron chi connectivity index (χ2n) is 13.0. The van der Waals surface area contributed by atoms with E-state index in [9.17, 15) is 0 Å². The van der Waals surface area contributed by atoms with Crippen molar-refractivity contribution in [3.8, 4) is 0 Å². The lowest BCUT2D eigenvalue weighted by Gasteiger charge is -2.53. The van der Waals surface area contributed by atoms with Crippen LogP contribution in [-0.2, 0) is 24.0 Å². The summed E-state index contributed by atoms with van der Waals surface area (Å²) < 4.78 is 20.7. The lowest BCUT2D eigenvalue weighted by atomic mass is 9.89. The van der Waals surface area contributed by atoms with E-state index in [1.165, 1.54) is 0 Å². The van der Waals surface area contributed by atoms with Crippen LogP contribution in [0.4, 0.5) is 0 Å². The molecule has 5 nitrogen and oxygen atoms in total. The molecule has 0 aliphatic heterocycles. The van der Waals surface area contributed by atoms with Crippen LogP contribution in [0.1, 0.15) is 130 Å². The SMILES string of the molecule is CCCC(C)(C)OC(OC(C)C(C)CC)(C(C)C)C(C)(OCC(C)(C)CC)OOCC(C)C(C)C. The molecule has 212 valence electrons. The van der Waals surface area contributed by atoms with Gasteiger partial charge in [-0.25, -0.2) is 4.89 Å². The highest BCUT2D eigenvalue weighted by Crippen LogP contribution is 2.45. The number of hydrogen-bond acceptors (Lipinski definition) is 5. The number of ether oxygens (including phenoxy) is 3. The van der Waals surface area contributed by atoms with E-state index in [0.29, 0.717) is 31.0 Å². The average Bonchev–Trinajstić information content (AvgIpc) is 2.75. The molecule has 0 aromatic rings. The van der Waals surface area contributed by atoms with Crippen molar-refractivity contribution >= 4 is 0 Å².